The van der Waals surface area contributed by atoms with Crippen molar-refractivity contribution in [1.29, 1.82) is 0 Å². The van der Waals surface area contributed by atoms with Gasteiger partial charge >= 0.3 is 5.97 Å². The van der Waals surface area contributed by atoms with Crippen molar-refractivity contribution in [3.8, 4) is 0 Å². The summed E-state index contributed by atoms with van der Waals surface area (Å²) < 4.78 is 0. The fourth-order valence-electron chi connectivity index (χ4n) is 3.82. The zero-order valence-electron chi connectivity index (χ0n) is 25.1. The lowest BCUT2D eigenvalue weighted by Gasteiger charge is -2.14. The number of nitrogens with one attached hydrogen (secondary N) is 2. The molecule has 1 atom stereocenters. The highest BCUT2D eigenvalue weighted by Gasteiger charge is 2.19. The molecule has 0 bridgehead atoms. The van der Waals surface area contributed by atoms with E-state index in [-0.39, 0.29) is 18.2 Å². The van der Waals surface area contributed by atoms with E-state index in [2.05, 4.69) is 83.3 Å². The lowest BCUT2D eigenvalue weighted by atomic mass is 10.1. The topological polar surface area (TPSA) is 108 Å². The molecule has 0 aliphatic carbocycles. The molecule has 1 rings (SSSR count). The molecular weight excluding hydrogens is 526 g/mol. The van der Waals surface area contributed by atoms with Crippen LogP contribution in [0.4, 0.5) is 0 Å². The molecule has 0 saturated carbocycles. The minimum absolute atomic E-state index is 0.0919. The minimum atomic E-state index is -1.04. The van der Waals surface area contributed by atoms with E-state index in [1.165, 1.54) is 0 Å². The van der Waals surface area contributed by atoms with Gasteiger partial charge in [0.2, 0.25) is 11.8 Å². The van der Waals surface area contributed by atoms with E-state index in [1.807, 2.05) is 18.2 Å². The zero-order chi connectivity index (χ0) is 30.5. The average molecular weight is 576 g/mol. The van der Waals surface area contributed by atoms with Crippen molar-refractivity contribution in [1.82, 2.24) is 15.6 Å². The van der Waals surface area contributed by atoms with Crippen molar-refractivity contribution in [2.24, 2.45) is 0 Å². The average Bonchev–Trinajstić information content (AvgIpc) is 2.98. The van der Waals surface area contributed by atoms with Gasteiger partial charge < -0.3 is 15.7 Å². The first-order valence-corrected chi connectivity index (χ1v) is 15.1. The summed E-state index contributed by atoms with van der Waals surface area (Å²) >= 11 is 0. The van der Waals surface area contributed by atoms with Gasteiger partial charge in [-0.1, -0.05) is 85.9 Å². The standard InChI is InChI=1S/C35H49N3O4/c1-2-3-4-5-6-7-8-9-10-11-12-13-14-15-16-17-18-26-34(40)38-32(35(41)42)25-19-20-29-37-33(39)27-21-23-31-24-22-28-36-30-31/h3-4,6-7,9-10,12-13,15-16,21-24,28,30,32H,2,5,8,11,14,17-20,25-27,29H2,1H3,(H,37,39)(H,38,40)(H,41,42)/t32-/m0/s1. The molecule has 1 heterocycles. The molecule has 2 amide bonds. The summed E-state index contributed by atoms with van der Waals surface area (Å²) in [6.45, 7) is 2.60. The second kappa shape index (κ2) is 25.9. The molecule has 0 fully saturated rings. The fourth-order valence-corrected chi connectivity index (χ4v) is 3.82. The smallest absolute Gasteiger partial charge is 0.326 e. The van der Waals surface area contributed by atoms with Gasteiger partial charge in [-0.05, 0) is 75.8 Å². The van der Waals surface area contributed by atoms with Crippen LogP contribution in [-0.2, 0) is 14.4 Å². The molecule has 1 aromatic rings. The highest BCUT2D eigenvalue weighted by Crippen LogP contribution is 2.05. The number of carboxylic acids is 1. The van der Waals surface area contributed by atoms with Gasteiger partial charge in [-0.3, -0.25) is 14.6 Å². The van der Waals surface area contributed by atoms with Gasteiger partial charge in [-0.15, -0.1) is 0 Å². The number of carbonyl (C=O) groups is 3. The molecule has 42 heavy (non-hydrogen) atoms. The van der Waals surface area contributed by atoms with Gasteiger partial charge in [0.25, 0.3) is 0 Å². The van der Waals surface area contributed by atoms with Gasteiger partial charge in [0.05, 0.1) is 0 Å². The molecule has 1 aromatic heterocycles. The Bertz CT molecular complexity index is 1060. The number of hydrogen-bond acceptors (Lipinski definition) is 4. The Kier molecular flexibility index (Phi) is 22.2. The third kappa shape index (κ3) is 21.8. The molecule has 0 aliphatic rings. The molecule has 0 saturated heterocycles. The number of carboxylic acid groups (broad SMARTS) is 1. The Balaban J connectivity index is 2.09. The van der Waals surface area contributed by atoms with Crippen LogP contribution in [0.25, 0.3) is 6.08 Å². The Hall–Kier alpha value is -4.00. The van der Waals surface area contributed by atoms with Gasteiger partial charge in [0.1, 0.15) is 6.04 Å². The number of hydrogen-bond donors (Lipinski definition) is 3. The molecule has 7 nitrogen and oxygen atoms in total. The van der Waals surface area contributed by atoms with Gasteiger partial charge in [-0.2, -0.15) is 0 Å². The van der Waals surface area contributed by atoms with Gasteiger partial charge in [-0.25, -0.2) is 4.79 Å². The van der Waals surface area contributed by atoms with Crippen LogP contribution in [0.1, 0.15) is 89.5 Å². The lowest BCUT2D eigenvalue weighted by molar-refractivity contribution is -0.142. The highest BCUT2D eigenvalue weighted by molar-refractivity contribution is 5.83. The molecule has 228 valence electrons. The van der Waals surface area contributed by atoms with E-state index in [0.29, 0.717) is 38.6 Å². The van der Waals surface area contributed by atoms with Crippen LogP contribution >= 0.6 is 0 Å². The number of amides is 2. The maximum Gasteiger partial charge on any atom is 0.326 e. The van der Waals surface area contributed by atoms with E-state index < -0.39 is 12.0 Å². The Morgan fingerprint density at radius 3 is 2.07 bits per heavy atom. The highest BCUT2D eigenvalue weighted by atomic mass is 16.4. The Morgan fingerprint density at radius 2 is 1.48 bits per heavy atom. The van der Waals surface area contributed by atoms with Crippen LogP contribution in [0.5, 0.6) is 0 Å². The number of unbranched alkanes of at least 4 members (excludes halogenated alkanes) is 2. The largest absolute Gasteiger partial charge is 0.480 e. The van der Waals surface area contributed by atoms with Crippen LogP contribution < -0.4 is 10.6 Å². The number of rotatable bonds is 23. The van der Waals surface area contributed by atoms with Crippen molar-refractivity contribution < 1.29 is 19.5 Å². The summed E-state index contributed by atoms with van der Waals surface area (Å²) in [5, 5.41) is 14.9. The summed E-state index contributed by atoms with van der Waals surface area (Å²) in [6, 6.07) is 2.83. The monoisotopic (exact) mass is 575 g/mol. The summed E-state index contributed by atoms with van der Waals surface area (Å²) in [6.07, 6.45) is 36.9. The first kappa shape index (κ1) is 36.0. The lowest BCUT2D eigenvalue weighted by Crippen LogP contribution is -2.40. The van der Waals surface area contributed by atoms with E-state index >= 15 is 0 Å². The second-order valence-corrected chi connectivity index (χ2v) is 9.80. The Morgan fingerprint density at radius 1 is 0.833 bits per heavy atom. The number of carbonyl (C=O) groups excluding carboxylic acids is 2. The van der Waals surface area contributed by atoms with Crippen molar-refractivity contribution in [2.45, 2.75) is 90.0 Å². The van der Waals surface area contributed by atoms with Crippen LogP contribution in [0.3, 0.4) is 0 Å². The summed E-state index contributed by atoms with van der Waals surface area (Å²) in [7, 11) is 0. The van der Waals surface area contributed by atoms with Crippen LogP contribution in [0.15, 0.2) is 91.4 Å². The number of allylic oxidation sites excluding steroid dienone is 10. The van der Waals surface area contributed by atoms with E-state index in [9.17, 15) is 19.5 Å². The van der Waals surface area contributed by atoms with Crippen molar-refractivity contribution in [3.05, 3.63) is 96.9 Å². The van der Waals surface area contributed by atoms with E-state index in [1.54, 1.807) is 18.5 Å². The molecule has 7 heteroatoms. The molecule has 0 radical (unpaired) electrons. The second-order valence-electron chi connectivity index (χ2n) is 9.80. The first-order chi connectivity index (χ1) is 20.5. The SMILES string of the molecule is CCC=CCC=CCC=CCC=CCC=CCCCC(=O)N[C@@H](CCCCNC(=O)CC=Cc1cccnc1)C(=O)O. The molecule has 0 aliphatic heterocycles. The zero-order valence-corrected chi connectivity index (χ0v) is 25.1. The maximum atomic E-state index is 12.2. The van der Waals surface area contributed by atoms with Crippen LogP contribution in [-0.4, -0.2) is 40.5 Å². The number of nitrogens with zero attached hydrogens (tertiary/aromatic N) is 1. The van der Waals surface area contributed by atoms with Gasteiger partial charge in [0.15, 0.2) is 0 Å². The van der Waals surface area contributed by atoms with E-state index in [4.69, 9.17) is 0 Å². The number of aromatic nitrogens is 1. The van der Waals surface area contributed by atoms with Crippen LogP contribution in [0.2, 0.25) is 0 Å². The molecule has 3 N–H and O–H groups in total. The fraction of sp³-hybridized carbons (Fsp3) is 0.429. The number of aliphatic carboxylic acids is 1. The summed E-state index contributed by atoms with van der Waals surface area (Å²) in [5.41, 5.74) is 0.932. The molecule has 0 aromatic carbocycles. The first-order valence-electron chi connectivity index (χ1n) is 15.1. The molecular formula is C35H49N3O4. The quantitative estimate of drug-likeness (QED) is 0.0940. The number of pyridine rings is 1. The third-order valence-electron chi connectivity index (χ3n) is 6.11. The summed E-state index contributed by atoms with van der Waals surface area (Å²) in [4.78, 5) is 39.7. The van der Waals surface area contributed by atoms with Gasteiger partial charge in [0, 0.05) is 31.8 Å². The van der Waals surface area contributed by atoms with Crippen LogP contribution in [0, 0.1) is 0 Å². The minimum Gasteiger partial charge on any atom is -0.480 e. The summed E-state index contributed by atoms with van der Waals surface area (Å²) in [5.74, 6) is -1.38. The maximum absolute atomic E-state index is 12.2. The van der Waals surface area contributed by atoms with Crippen molar-refractivity contribution in [2.75, 3.05) is 6.54 Å². The van der Waals surface area contributed by atoms with Crippen molar-refractivity contribution >= 4 is 23.9 Å². The third-order valence-corrected chi connectivity index (χ3v) is 6.11. The predicted molar refractivity (Wildman–Crippen MR) is 173 cm³/mol. The van der Waals surface area contributed by atoms with E-state index in [0.717, 1.165) is 44.1 Å². The predicted octanol–water partition coefficient (Wildman–Crippen LogP) is 7.26. The Labute approximate surface area is 252 Å². The normalized spacial score (nSPS) is 12.9. The molecule has 0 unspecified atom stereocenters. The van der Waals surface area contributed by atoms with Crippen molar-refractivity contribution in [3.63, 3.8) is 0 Å². The molecule has 0 spiro atoms.